The smallest absolute Gasteiger partial charge is 0.253 e. The fourth-order valence-electron chi connectivity index (χ4n) is 3.15. The summed E-state index contributed by atoms with van der Waals surface area (Å²) in [7, 11) is 0. The van der Waals surface area contributed by atoms with Gasteiger partial charge in [0, 0.05) is 37.3 Å². The second-order valence-corrected chi connectivity index (χ2v) is 7.46. The van der Waals surface area contributed by atoms with Crippen LogP contribution in [0, 0.1) is 0 Å². The second kappa shape index (κ2) is 13.1. The molecule has 2 aromatic carbocycles. The third-order valence-electron chi connectivity index (χ3n) is 4.99. The number of nitrogens with two attached hydrogens (primary N) is 4. The molecule has 2 amide bonds. The Labute approximate surface area is 191 Å². The molecular weight excluding hydrogens is 404 g/mol. The quantitative estimate of drug-likeness (QED) is 0.461. The molecule has 0 heterocycles. The summed E-state index contributed by atoms with van der Waals surface area (Å²) in [4.78, 5) is 27.7. The van der Waals surface area contributed by atoms with E-state index < -0.39 is 0 Å². The fourth-order valence-corrected chi connectivity index (χ4v) is 3.15. The Morgan fingerprint density at radius 3 is 1.31 bits per heavy atom. The zero-order chi connectivity index (χ0) is 24.3. The van der Waals surface area contributed by atoms with Crippen LogP contribution in [0.1, 0.15) is 61.3 Å². The average Bonchev–Trinajstić information content (AvgIpc) is 2.78. The van der Waals surface area contributed by atoms with E-state index in [0.29, 0.717) is 47.0 Å². The molecule has 8 heteroatoms. The summed E-state index contributed by atoms with van der Waals surface area (Å²) in [6.07, 6.45) is 1.91. The number of nitrogen functional groups attached to an aromatic ring is 4. The molecule has 0 unspecified atom stereocenters. The first-order valence-corrected chi connectivity index (χ1v) is 11.1. The Morgan fingerprint density at radius 2 is 1.00 bits per heavy atom. The Hall–Kier alpha value is -3.42. The van der Waals surface area contributed by atoms with Crippen molar-refractivity contribution in [2.45, 2.75) is 40.5 Å². The molecule has 0 aliphatic heterocycles. The predicted molar refractivity (Wildman–Crippen MR) is 134 cm³/mol. The summed E-state index contributed by atoms with van der Waals surface area (Å²) in [6, 6.07) is 10.0. The zero-order valence-electron chi connectivity index (χ0n) is 19.7. The first kappa shape index (κ1) is 26.6. The highest BCUT2D eigenvalue weighted by Crippen LogP contribution is 2.18. The van der Waals surface area contributed by atoms with Gasteiger partial charge >= 0.3 is 0 Å². The van der Waals surface area contributed by atoms with Gasteiger partial charge in [-0.15, -0.1) is 0 Å². The molecule has 2 rings (SSSR count). The second-order valence-electron chi connectivity index (χ2n) is 7.46. The SMILES string of the molecule is CCCN(CCC)C(=O)c1ccc(N)c(N)c1.CCN(CC)C(=O)c1ccc(N)c(N)c1. The maximum absolute atomic E-state index is 12.2. The number of hydrogen-bond donors (Lipinski definition) is 4. The van der Waals surface area contributed by atoms with Crippen molar-refractivity contribution in [3.63, 3.8) is 0 Å². The molecule has 8 N–H and O–H groups in total. The van der Waals surface area contributed by atoms with Gasteiger partial charge in [-0.2, -0.15) is 0 Å². The van der Waals surface area contributed by atoms with E-state index in [0.717, 1.165) is 25.9 Å². The van der Waals surface area contributed by atoms with Crippen LogP contribution in [-0.4, -0.2) is 47.8 Å². The van der Waals surface area contributed by atoms with Gasteiger partial charge in [0.1, 0.15) is 0 Å². The van der Waals surface area contributed by atoms with E-state index in [1.807, 2.05) is 18.7 Å². The first-order valence-electron chi connectivity index (χ1n) is 11.1. The van der Waals surface area contributed by atoms with Crippen LogP contribution >= 0.6 is 0 Å². The van der Waals surface area contributed by atoms with Crippen molar-refractivity contribution in [2.75, 3.05) is 49.1 Å². The molecular formula is C24H38N6O2. The van der Waals surface area contributed by atoms with Crippen molar-refractivity contribution in [3.8, 4) is 0 Å². The maximum Gasteiger partial charge on any atom is 0.253 e. The summed E-state index contributed by atoms with van der Waals surface area (Å²) >= 11 is 0. The maximum atomic E-state index is 12.2. The van der Waals surface area contributed by atoms with Crippen LogP contribution in [-0.2, 0) is 0 Å². The molecule has 32 heavy (non-hydrogen) atoms. The van der Waals surface area contributed by atoms with Crippen molar-refractivity contribution < 1.29 is 9.59 Å². The van der Waals surface area contributed by atoms with Crippen molar-refractivity contribution in [2.24, 2.45) is 0 Å². The minimum Gasteiger partial charge on any atom is -0.397 e. The number of benzene rings is 2. The lowest BCUT2D eigenvalue weighted by molar-refractivity contribution is 0.0753. The van der Waals surface area contributed by atoms with Gasteiger partial charge < -0.3 is 32.7 Å². The lowest BCUT2D eigenvalue weighted by atomic mass is 10.1. The molecule has 8 nitrogen and oxygen atoms in total. The third kappa shape index (κ3) is 7.37. The summed E-state index contributed by atoms with van der Waals surface area (Å²) in [5, 5.41) is 0. The van der Waals surface area contributed by atoms with E-state index in [2.05, 4.69) is 13.8 Å². The minimum atomic E-state index is -0.00769. The standard InChI is InChI=1S/C13H21N3O.C11H17N3O/c1-3-7-16(8-4-2)13(17)10-5-6-11(14)12(15)9-10;1-3-14(4-2)11(15)8-5-6-9(12)10(13)7-8/h5-6,9H,3-4,7-8,14-15H2,1-2H3;5-7H,3-4,12-13H2,1-2H3. The number of rotatable bonds is 8. The van der Waals surface area contributed by atoms with Crippen LogP contribution in [0.25, 0.3) is 0 Å². The van der Waals surface area contributed by atoms with Crippen LogP contribution in [0.5, 0.6) is 0 Å². The molecule has 0 aliphatic rings. The highest BCUT2D eigenvalue weighted by Gasteiger charge is 2.15. The van der Waals surface area contributed by atoms with Crippen LogP contribution in [0.4, 0.5) is 22.7 Å². The van der Waals surface area contributed by atoms with Gasteiger partial charge in [-0.05, 0) is 63.1 Å². The van der Waals surface area contributed by atoms with Gasteiger partial charge in [0.25, 0.3) is 11.8 Å². The topological polar surface area (TPSA) is 145 Å². The van der Waals surface area contributed by atoms with Crippen LogP contribution in [0.2, 0.25) is 0 Å². The first-order chi connectivity index (χ1) is 15.2. The Bertz CT molecular complexity index is 890. The molecule has 0 spiro atoms. The van der Waals surface area contributed by atoms with Crippen LogP contribution < -0.4 is 22.9 Å². The van der Waals surface area contributed by atoms with E-state index >= 15 is 0 Å². The van der Waals surface area contributed by atoms with Crippen molar-refractivity contribution in [1.82, 2.24) is 9.80 Å². The van der Waals surface area contributed by atoms with Crippen LogP contribution in [0.15, 0.2) is 36.4 Å². The van der Waals surface area contributed by atoms with Crippen LogP contribution in [0.3, 0.4) is 0 Å². The van der Waals surface area contributed by atoms with Gasteiger partial charge in [0.15, 0.2) is 0 Å². The van der Waals surface area contributed by atoms with Gasteiger partial charge in [0.05, 0.1) is 22.7 Å². The average molecular weight is 443 g/mol. The molecule has 0 atom stereocenters. The minimum absolute atomic E-state index is 0.00769. The van der Waals surface area contributed by atoms with E-state index in [9.17, 15) is 9.59 Å². The highest BCUT2D eigenvalue weighted by atomic mass is 16.2. The number of anilines is 4. The molecule has 0 saturated carbocycles. The number of amides is 2. The summed E-state index contributed by atoms with van der Waals surface area (Å²) in [5.74, 6) is 0.0205. The number of carbonyl (C=O) groups excluding carboxylic acids is 2. The lowest BCUT2D eigenvalue weighted by Gasteiger charge is -2.21. The fraction of sp³-hybridized carbons (Fsp3) is 0.417. The molecule has 0 fully saturated rings. The predicted octanol–water partition coefficient (Wildman–Crippen LogP) is 3.45. The number of nitrogens with zero attached hydrogens (tertiary/aromatic N) is 2. The third-order valence-corrected chi connectivity index (χ3v) is 4.99. The molecule has 0 radical (unpaired) electrons. The normalized spacial score (nSPS) is 10.1. The largest absolute Gasteiger partial charge is 0.397 e. The van der Waals surface area contributed by atoms with E-state index in [1.165, 1.54) is 0 Å². The van der Waals surface area contributed by atoms with Crippen molar-refractivity contribution in [3.05, 3.63) is 47.5 Å². The lowest BCUT2D eigenvalue weighted by Crippen LogP contribution is -2.32. The Morgan fingerprint density at radius 1 is 0.625 bits per heavy atom. The summed E-state index contributed by atoms with van der Waals surface area (Å²) < 4.78 is 0. The number of carbonyl (C=O) groups is 2. The highest BCUT2D eigenvalue weighted by molar-refractivity contribution is 5.96. The van der Waals surface area contributed by atoms with Gasteiger partial charge in [-0.3, -0.25) is 9.59 Å². The Kier molecular flexibility index (Phi) is 10.9. The Balaban J connectivity index is 0.000000323. The van der Waals surface area contributed by atoms with Gasteiger partial charge in [-0.1, -0.05) is 13.8 Å². The van der Waals surface area contributed by atoms with Gasteiger partial charge in [0.2, 0.25) is 0 Å². The van der Waals surface area contributed by atoms with E-state index in [1.54, 1.807) is 41.3 Å². The summed E-state index contributed by atoms with van der Waals surface area (Å²) in [5.41, 5.74) is 25.7. The zero-order valence-corrected chi connectivity index (χ0v) is 19.7. The molecule has 2 aromatic rings. The summed E-state index contributed by atoms with van der Waals surface area (Å²) in [6.45, 7) is 11.0. The molecule has 0 bridgehead atoms. The van der Waals surface area contributed by atoms with E-state index in [-0.39, 0.29) is 11.8 Å². The van der Waals surface area contributed by atoms with Gasteiger partial charge in [-0.25, -0.2) is 0 Å². The molecule has 176 valence electrons. The van der Waals surface area contributed by atoms with Crippen molar-refractivity contribution >= 4 is 34.6 Å². The molecule has 0 aliphatic carbocycles. The number of hydrogen-bond acceptors (Lipinski definition) is 6. The molecule has 0 saturated heterocycles. The molecule has 0 aromatic heterocycles. The van der Waals surface area contributed by atoms with Crippen molar-refractivity contribution in [1.29, 1.82) is 0 Å². The van der Waals surface area contributed by atoms with E-state index in [4.69, 9.17) is 22.9 Å². The monoisotopic (exact) mass is 442 g/mol.